The number of ether oxygens (including phenoxy) is 1. The van der Waals surface area contributed by atoms with Crippen LogP contribution in [0.15, 0.2) is 27.3 Å². The number of carbonyl (C=O) groups is 1. The molecule has 2 rings (SSSR count). The Kier molecular flexibility index (Phi) is 4.34. The topological polar surface area (TPSA) is 82.2 Å². The molecule has 0 spiro atoms. The number of hydrogen-bond donors (Lipinski definition) is 2. The summed E-state index contributed by atoms with van der Waals surface area (Å²) >= 11 is 6.75. The number of hydrogen-bond acceptors (Lipinski definition) is 4. The van der Waals surface area contributed by atoms with Crippen LogP contribution in [-0.2, 0) is 7.05 Å². The first-order chi connectivity index (χ1) is 9.43. The van der Waals surface area contributed by atoms with Crippen LogP contribution in [0.3, 0.4) is 0 Å². The third-order valence-corrected chi connectivity index (χ3v) is 3.99. The minimum Gasteiger partial charge on any atom is -0.495 e. The standard InChI is InChI=1S/C12H12Br2N4O2/c1-18-11(15)6(5-16-18)12(19)17-9-4-10(20-2)8(14)3-7(9)13/h3-5H,15H2,1-2H3,(H,17,19). The molecule has 20 heavy (non-hydrogen) atoms. The van der Waals surface area contributed by atoms with Gasteiger partial charge in [-0.1, -0.05) is 0 Å². The Morgan fingerprint density at radius 2 is 2.10 bits per heavy atom. The number of anilines is 2. The molecular weight excluding hydrogens is 392 g/mol. The molecule has 0 fully saturated rings. The molecule has 8 heteroatoms. The molecule has 0 aliphatic heterocycles. The number of nitrogen functional groups attached to an aromatic ring is 1. The fraction of sp³-hybridized carbons (Fsp3) is 0.167. The molecule has 1 amide bonds. The van der Waals surface area contributed by atoms with Crippen molar-refractivity contribution in [3.8, 4) is 5.75 Å². The molecule has 3 N–H and O–H groups in total. The van der Waals surface area contributed by atoms with E-state index < -0.39 is 0 Å². The summed E-state index contributed by atoms with van der Waals surface area (Å²) in [4.78, 5) is 12.2. The number of aromatic nitrogens is 2. The molecule has 0 unspecified atom stereocenters. The number of nitrogens with one attached hydrogen (secondary N) is 1. The summed E-state index contributed by atoms with van der Waals surface area (Å²) in [7, 11) is 3.23. The molecule has 0 saturated carbocycles. The number of methoxy groups -OCH3 is 1. The van der Waals surface area contributed by atoms with Gasteiger partial charge in [0.1, 0.15) is 17.1 Å². The summed E-state index contributed by atoms with van der Waals surface area (Å²) in [6, 6.07) is 3.50. The molecule has 1 aromatic heterocycles. The molecule has 6 nitrogen and oxygen atoms in total. The Morgan fingerprint density at radius 3 is 2.65 bits per heavy atom. The quantitative estimate of drug-likeness (QED) is 0.825. The summed E-state index contributed by atoms with van der Waals surface area (Å²) in [6.07, 6.45) is 1.43. The Balaban J connectivity index is 2.30. The van der Waals surface area contributed by atoms with Gasteiger partial charge in [0.25, 0.3) is 5.91 Å². The molecule has 1 heterocycles. The van der Waals surface area contributed by atoms with Gasteiger partial charge in [-0.25, -0.2) is 0 Å². The van der Waals surface area contributed by atoms with Crippen LogP contribution in [0, 0.1) is 0 Å². The van der Waals surface area contributed by atoms with Crippen molar-refractivity contribution in [2.24, 2.45) is 7.05 Å². The van der Waals surface area contributed by atoms with Gasteiger partial charge in [-0.15, -0.1) is 0 Å². The molecule has 0 aliphatic carbocycles. The Hall–Kier alpha value is -1.54. The van der Waals surface area contributed by atoms with Crippen molar-refractivity contribution in [3.63, 3.8) is 0 Å². The van der Waals surface area contributed by atoms with Crippen LogP contribution in [0.25, 0.3) is 0 Å². The second kappa shape index (κ2) is 5.84. The van der Waals surface area contributed by atoms with E-state index in [0.29, 0.717) is 22.8 Å². The monoisotopic (exact) mass is 402 g/mol. The van der Waals surface area contributed by atoms with Crippen molar-refractivity contribution in [1.29, 1.82) is 0 Å². The lowest BCUT2D eigenvalue weighted by atomic mass is 10.2. The molecular formula is C12H12Br2N4O2. The molecule has 0 saturated heterocycles. The minimum absolute atomic E-state index is 0.308. The molecule has 0 atom stereocenters. The Bertz CT molecular complexity index is 670. The number of halogens is 2. The van der Waals surface area contributed by atoms with Crippen LogP contribution < -0.4 is 15.8 Å². The zero-order valence-corrected chi connectivity index (χ0v) is 13.9. The van der Waals surface area contributed by atoms with Crippen molar-refractivity contribution in [2.75, 3.05) is 18.2 Å². The minimum atomic E-state index is -0.333. The van der Waals surface area contributed by atoms with Gasteiger partial charge in [0.05, 0.1) is 23.5 Å². The van der Waals surface area contributed by atoms with Crippen LogP contribution in [0.4, 0.5) is 11.5 Å². The highest BCUT2D eigenvalue weighted by Crippen LogP contribution is 2.34. The lowest BCUT2D eigenvalue weighted by Crippen LogP contribution is -2.14. The third kappa shape index (κ3) is 2.80. The van der Waals surface area contributed by atoms with Crippen molar-refractivity contribution in [3.05, 3.63) is 32.8 Å². The maximum absolute atomic E-state index is 12.2. The molecule has 1 aromatic carbocycles. The summed E-state index contributed by atoms with van der Waals surface area (Å²) in [5, 5.41) is 6.70. The number of amides is 1. The first kappa shape index (κ1) is 14.9. The van der Waals surface area contributed by atoms with Gasteiger partial charge in [0.15, 0.2) is 0 Å². The van der Waals surface area contributed by atoms with Gasteiger partial charge in [0.2, 0.25) is 0 Å². The fourth-order valence-corrected chi connectivity index (χ4v) is 2.85. The van der Waals surface area contributed by atoms with E-state index in [1.807, 2.05) is 0 Å². The lowest BCUT2D eigenvalue weighted by molar-refractivity contribution is 0.102. The summed E-state index contributed by atoms with van der Waals surface area (Å²) < 4.78 is 8.14. The summed E-state index contributed by atoms with van der Waals surface area (Å²) in [6.45, 7) is 0. The number of benzene rings is 1. The van der Waals surface area contributed by atoms with Gasteiger partial charge >= 0.3 is 0 Å². The van der Waals surface area contributed by atoms with Crippen LogP contribution in [0.5, 0.6) is 5.75 Å². The zero-order chi connectivity index (χ0) is 14.9. The Labute approximate surface area is 132 Å². The number of nitrogens with zero attached hydrogens (tertiary/aromatic N) is 2. The maximum Gasteiger partial charge on any atom is 0.261 e. The van der Waals surface area contributed by atoms with Crippen molar-refractivity contribution < 1.29 is 9.53 Å². The molecule has 0 radical (unpaired) electrons. The highest BCUT2D eigenvalue weighted by Gasteiger charge is 2.16. The highest BCUT2D eigenvalue weighted by molar-refractivity contribution is 9.11. The van der Waals surface area contributed by atoms with E-state index in [1.165, 1.54) is 10.9 Å². The van der Waals surface area contributed by atoms with Crippen LogP contribution in [0.2, 0.25) is 0 Å². The SMILES string of the molecule is COc1cc(NC(=O)c2cnn(C)c2N)c(Br)cc1Br. The number of carbonyl (C=O) groups excluding carboxylic acids is 1. The number of nitrogens with two attached hydrogens (primary N) is 1. The molecule has 106 valence electrons. The number of rotatable bonds is 3. The van der Waals surface area contributed by atoms with E-state index in [4.69, 9.17) is 10.5 Å². The van der Waals surface area contributed by atoms with Gasteiger partial charge < -0.3 is 15.8 Å². The maximum atomic E-state index is 12.2. The Morgan fingerprint density at radius 1 is 1.40 bits per heavy atom. The van der Waals surface area contributed by atoms with Gasteiger partial charge in [-0.3, -0.25) is 9.48 Å². The molecule has 2 aromatic rings. The zero-order valence-electron chi connectivity index (χ0n) is 10.8. The average molecular weight is 404 g/mol. The third-order valence-electron chi connectivity index (χ3n) is 2.72. The van der Waals surface area contributed by atoms with E-state index >= 15 is 0 Å². The van der Waals surface area contributed by atoms with E-state index in [-0.39, 0.29) is 5.91 Å². The van der Waals surface area contributed by atoms with Gasteiger partial charge in [0, 0.05) is 17.6 Å². The smallest absolute Gasteiger partial charge is 0.261 e. The predicted molar refractivity (Wildman–Crippen MR) is 84.0 cm³/mol. The first-order valence-electron chi connectivity index (χ1n) is 5.56. The second-order valence-electron chi connectivity index (χ2n) is 3.99. The van der Waals surface area contributed by atoms with Crippen molar-refractivity contribution in [2.45, 2.75) is 0 Å². The predicted octanol–water partition coefficient (Wildman–Crippen LogP) is 2.79. The molecule has 0 bridgehead atoms. The van der Waals surface area contributed by atoms with Crippen LogP contribution in [-0.4, -0.2) is 22.8 Å². The number of aryl methyl sites for hydroxylation is 1. The second-order valence-corrected chi connectivity index (χ2v) is 5.70. The van der Waals surface area contributed by atoms with Crippen molar-refractivity contribution in [1.82, 2.24) is 9.78 Å². The first-order valence-corrected chi connectivity index (χ1v) is 7.14. The van der Waals surface area contributed by atoms with E-state index in [9.17, 15) is 4.79 Å². The lowest BCUT2D eigenvalue weighted by Gasteiger charge is -2.10. The fourth-order valence-electron chi connectivity index (χ4n) is 1.59. The van der Waals surface area contributed by atoms with Crippen LogP contribution in [0.1, 0.15) is 10.4 Å². The van der Waals surface area contributed by atoms with Gasteiger partial charge in [-0.05, 0) is 37.9 Å². The highest BCUT2D eigenvalue weighted by atomic mass is 79.9. The normalized spacial score (nSPS) is 10.4. The average Bonchev–Trinajstić information content (AvgIpc) is 2.73. The van der Waals surface area contributed by atoms with E-state index in [1.54, 1.807) is 26.3 Å². The molecule has 0 aliphatic rings. The van der Waals surface area contributed by atoms with E-state index in [2.05, 4.69) is 42.3 Å². The summed E-state index contributed by atoms with van der Waals surface area (Å²) in [5.74, 6) is 0.589. The van der Waals surface area contributed by atoms with E-state index in [0.717, 1.165) is 8.95 Å². The van der Waals surface area contributed by atoms with Crippen molar-refractivity contribution >= 4 is 49.3 Å². The van der Waals surface area contributed by atoms with Crippen LogP contribution >= 0.6 is 31.9 Å². The van der Waals surface area contributed by atoms with Gasteiger partial charge in [-0.2, -0.15) is 5.10 Å². The summed E-state index contributed by atoms with van der Waals surface area (Å²) in [5.41, 5.74) is 6.67. The largest absolute Gasteiger partial charge is 0.495 e.